The van der Waals surface area contributed by atoms with Gasteiger partial charge in [0.15, 0.2) is 0 Å². The summed E-state index contributed by atoms with van der Waals surface area (Å²) in [5.74, 6) is 0.937. The topological polar surface area (TPSA) is 35.9 Å². The second-order valence-corrected chi connectivity index (χ2v) is 8.75. The first kappa shape index (κ1) is 19.4. The Kier molecular flexibility index (Phi) is 6.00. The van der Waals surface area contributed by atoms with Gasteiger partial charge in [0.25, 0.3) is 0 Å². The number of ether oxygens (including phenoxy) is 1. The second-order valence-electron chi connectivity index (χ2n) is 8.75. The quantitative estimate of drug-likeness (QED) is 0.861. The van der Waals surface area contributed by atoms with E-state index in [1.807, 2.05) is 24.3 Å². The molecule has 4 rings (SSSR count). The normalized spacial score (nSPS) is 23.0. The fourth-order valence-corrected chi connectivity index (χ4v) is 4.91. The minimum atomic E-state index is -0.163. The fraction of sp³-hybridized carbons (Fsp3) is 0.500. The molecule has 0 bridgehead atoms. The van der Waals surface area contributed by atoms with E-state index in [1.165, 1.54) is 24.0 Å². The van der Waals surface area contributed by atoms with Gasteiger partial charge < -0.3 is 14.7 Å². The fourth-order valence-electron chi connectivity index (χ4n) is 4.91. The zero-order chi connectivity index (χ0) is 19.4. The Morgan fingerprint density at radius 2 is 1.79 bits per heavy atom. The first-order valence-corrected chi connectivity index (χ1v) is 10.4. The summed E-state index contributed by atoms with van der Waals surface area (Å²) >= 11 is 0. The number of likely N-dealkylation sites (N-methyl/N-ethyl adjacent to an activating group) is 1. The van der Waals surface area contributed by atoms with E-state index in [0.29, 0.717) is 12.0 Å². The highest BCUT2D eigenvalue weighted by Gasteiger charge is 2.40. The zero-order valence-corrected chi connectivity index (χ0v) is 16.9. The van der Waals surface area contributed by atoms with Crippen LogP contribution >= 0.6 is 0 Å². The first-order valence-electron chi connectivity index (χ1n) is 10.4. The van der Waals surface area contributed by atoms with Gasteiger partial charge in [0.1, 0.15) is 12.4 Å². The molecule has 0 aromatic heterocycles. The molecule has 1 atom stereocenters. The molecule has 2 saturated heterocycles. The molecule has 0 amide bonds. The highest BCUT2D eigenvalue weighted by atomic mass is 16.5. The molecular weight excluding hydrogens is 348 g/mol. The summed E-state index contributed by atoms with van der Waals surface area (Å²) in [6.45, 7) is 5.73. The Morgan fingerprint density at radius 3 is 2.54 bits per heavy atom. The molecule has 150 valence electrons. The number of hydrogen-bond donors (Lipinski definition) is 1. The van der Waals surface area contributed by atoms with Gasteiger partial charge in [-0.1, -0.05) is 42.5 Å². The third-order valence-electron chi connectivity index (χ3n) is 6.27. The van der Waals surface area contributed by atoms with Crippen LogP contribution < -0.4 is 4.74 Å². The molecule has 28 heavy (non-hydrogen) atoms. The van der Waals surface area contributed by atoms with E-state index in [1.54, 1.807) is 0 Å². The third kappa shape index (κ3) is 4.93. The average Bonchev–Trinajstić information content (AvgIpc) is 2.69. The van der Waals surface area contributed by atoms with Crippen LogP contribution in [-0.2, 0) is 13.2 Å². The minimum absolute atomic E-state index is 0.163. The number of hydrogen-bond acceptors (Lipinski definition) is 4. The van der Waals surface area contributed by atoms with Crippen molar-refractivity contribution in [2.24, 2.45) is 5.41 Å². The molecule has 1 spiro atoms. The number of likely N-dealkylation sites (tertiary alicyclic amines) is 2. The number of rotatable bonds is 5. The number of β-amino-alcohol motifs (C(OH)–C–C–N with tert-alkyl or cyclic N) is 1. The lowest BCUT2D eigenvalue weighted by atomic mass is 9.71. The number of aliphatic hydroxyl groups is 1. The molecule has 2 aliphatic heterocycles. The van der Waals surface area contributed by atoms with Crippen molar-refractivity contribution < 1.29 is 9.84 Å². The molecular formula is C24H32N2O2. The van der Waals surface area contributed by atoms with Crippen LogP contribution in [0.2, 0.25) is 0 Å². The smallest absolute Gasteiger partial charge is 0.120 e. The maximum absolute atomic E-state index is 10.2. The average molecular weight is 381 g/mol. The SMILES string of the molecule is CN1CC(O)CC2(CCN(Cc3cccc(OCc4ccccc4)c3)CC2)C1. The second kappa shape index (κ2) is 8.64. The molecule has 4 nitrogen and oxygen atoms in total. The van der Waals surface area contributed by atoms with Gasteiger partial charge in [-0.2, -0.15) is 0 Å². The Bertz CT molecular complexity index is 744. The van der Waals surface area contributed by atoms with Gasteiger partial charge in [-0.25, -0.2) is 0 Å². The Morgan fingerprint density at radius 1 is 1.04 bits per heavy atom. The predicted octanol–water partition coefficient (Wildman–Crippen LogP) is 3.54. The molecule has 2 heterocycles. The van der Waals surface area contributed by atoms with Gasteiger partial charge in [-0.3, -0.25) is 4.90 Å². The predicted molar refractivity (Wildman–Crippen MR) is 112 cm³/mol. The summed E-state index contributed by atoms with van der Waals surface area (Å²) in [6.07, 6.45) is 3.16. The maximum atomic E-state index is 10.2. The Labute approximate surface area is 168 Å². The Hall–Kier alpha value is -1.88. The summed E-state index contributed by atoms with van der Waals surface area (Å²) < 4.78 is 5.98. The zero-order valence-electron chi connectivity index (χ0n) is 16.9. The van der Waals surface area contributed by atoms with Crippen molar-refractivity contribution >= 4 is 0 Å². The van der Waals surface area contributed by atoms with Crippen molar-refractivity contribution in [3.05, 3.63) is 65.7 Å². The third-order valence-corrected chi connectivity index (χ3v) is 6.27. The first-order chi connectivity index (χ1) is 13.6. The lowest BCUT2D eigenvalue weighted by Gasteiger charge is -2.48. The van der Waals surface area contributed by atoms with Gasteiger partial charge in [-0.15, -0.1) is 0 Å². The van der Waals surface area contributed by atoms with Crippen LogP contribution in [0.25, 0.3) is 0 Å². The van der Waals surface area contributed by atoms with Crippen molar-refractivity contribution in [2.75, 3.05) is 33.2 Å². The number of nitrogens with zero attached hydrogens (tertiary/aromatic N) is 2. The molecule has 0 radical (unpaired) electrons. The van der Waals surface area contributed by atoms with E-state index in [9.17, 15) is 5.11 Å². The van der Waals surface area contributed by atoms with Gasteiger partial charge in [-0.05, 0) is 68.1 Å². The monoisotopic (exact) mass is 380 g/mol. The van der Waals surface area contributed by atoms with Crippen LogP contribution in [0, 0.1) is 5.41 Å². The minimum Gasteiger partial charge on any atom is -0.489 e. The molecule has 2 aliphatic rings. The molecule has 1 unspecified atom stereocenters. The van der Waals surface area contributed by atoms with Crippen LogP contribution in [0.15, 0.2) is 54.6 Å². The standard InChI is InChI=1S/C24H32N2O2/c1-25-17-22(27)15-24(19-25)10-12-26(13-11-24)16-21-8-5-9-23(14-21)28-18-20-6-3-2-4-7-20/h2-9,14,22,27H,10-13,15-19H2,1H3. The van der Waals surface area contributed by atoms with Gasteiger partial charge >= 0.3 is 0 Å². The van der Waals surface area contributed by atoms with E-state index >= 15 is 0 Å². The number of benzene rings is 2. The summed E-state index contributed by atoms with van der Waals surface area (Å²) in [5.41, 5.74) is 2.81. The van der Waals surface area contributed by atoms with Crippen LogP contribution in [0.3, 0.4) is 0 Å². The molecule has 4 heteroatoms. The van der Waals surface area contributed by atoms with E-state index in [0.717, 1.165) is 44.9 Å². The van der Waals surface area contributed by atoms with Gasteiger partial charge in [0, 0.05) is 19.6 Å². The molecule has 1 N–H and O–H groups in total. The van der Waals surface area contributed by atoms with E-state index in [4.69, 9.17) is 4.74 Å². The summed E-state index contributed by atoms with van der Waals surface area (Å²) in [6, 6.07) is 18.8. The van der Waals surface area contributed by atoms with Gasteiger partial charge in [0.05, 0.1) is 6.10 Å². The summed E-state index contributed by atoms with van der Waals surface area (Å²) in [5, 5.41) is 10.2. The molecule has 2 fully saturated rings. The highest BCUT2D eigenvalue weighted by Crippen LogP contribution is 2.39. The van der Waals surface area contributed by atoms with Crippen LogP contribution in [0.4, 0.5) is 0 Å². The van der Waals surface area contributed by atoms with Crippen molar-refractivity contribution in [1.82, 2.24) is 9.80 Å². The maximum Gasteiger partial charge on any atom is 0.120 e. The van der Waals surface area contributed by atoms with E-state index in [-0.39, 0.29) is 6.10 Å². The largest absolute Gasteiger partial charge is 0.489 e. The van der Waals surface area contributed by atoms with Crippen molar-refractivity contribution in [3.63, 3.8) is 0 Å². The van der Waals surface area contributed by atoms with Crippen molar-refractivity contribution in [2.45, 2.75) is 38.5 Å². The highest BCUT2D eigenvalue weighted by molar-refractivity contribution is 5.29. The van der Waals surface area contributed by atoms with Gasteiger partial charge in [0.2, 0.25) is 0 Å². The van der Waals surface area contributed by atoms with E-state index < -0.39 is 0 Å². The lowest BCUT2D eigenvalue weighted by Crippen LogP contribution is -2.52. The number of aliphatic hydroxyl groups excluding tert-OH is 1. The van der Waals surface area contributed by atoms with Crippen LogP contribution in [0.1, 0.15) is 30.4 Å². The van der Waals surface area contributed by atoms with Crippen molar-refractivity contribution in [1.29, 1.82) is 0 Å². The van der Waals surface area contributed by atoms with Crippen molar-refractivity contribution in [3.8, 4) is 5.75 Å². The van der Waals surface area contributed by atoms with Crippen LogP contribution in [-0.4, -0.2) is 54.2 Å². The summed E-state index contributed by atoms with van der Waals surface area (Å²) in [4.78, 5) is 4.85. The summed E-state index contributed by atoms with van der Waals surface area (Å²) in [7, 11) is 2.14. The molecule has 2 aromatic carbocycles. The molecule has 0 saturated carbocycles. The van der Waals surface area contributed by atoms with E-state index in [2.05, 4.69) is 47.2 Å². The lowest BCUT2D eigenvalue weighted by molar-refractivity contribution is -0.0331. The number of piperidine rings is 2. The molecule has 0 aliphatic carbocycles. The molecule has 2 aromatic rings. The Balaban J connectivity index is 1.30. The van der Waals surface area contributed by atoms with Crippen LogP contribution in [0.5, 0.6) is 5.75 Å².